The number of rotatable bonds is 6. The summed E-state index contributed by atoms with van der Waals surface area (Å²) in [7, 11) is 0. The molecule has 0 saturated carbocycles. The molecule has 0 saturated heterocycles. The van der Waals surface area contributed by atoms with E-state index in [1.165, 1.54) is 0 Å². The van der Waals surface area contributed by atoms with Crippen molar-refractivity contribution in [3.8, 4) is 90.4 Å². The van der Waals surface area contributed by atoms with E-state index in [2.05, 4.69) is 43.8 Å². The van der Waals surface area contributed by atoms with E-state index in [4.69, 9.17) is 17.9 Å². The van der Waals surface area contributed by atoms with Gasteiger partial charge in [-0.1, -0.05) is 166 Å². The molecule has 1 aliphatic heterocycles. The van der Waals surface area contributed by atoms with E-state index in [0.29, 0.717) is 61.7 Å². The van der Waals surface area contributed by atoms with E-state index in [1.807, 2.05) is 137 Å². The monoisotopic (exact) mass is 921 g/mol. The van der Waals surface area contributed by atoms with Crippen LogP contribution in [0.25, 0.3) is 106 Å². The van der Waals surface area contributed by atoms with Crippen LogP contribution in [0.5, 0.6) is 11.5 Å². The molecule has 0 aliphatic carbocycles. The van der Waals surface area contributed by atoms with Gasteiger partial charge >= 0.3 is 0 Å². The summed E-state index contributed by atoms with van der Waals surface area (Å²) in [5.41, 5.74) is 10.0. The first kappa shape index (κ1) is 32.4. The zero-order chi connectivity index (χ0) is 56.5. The van der Waals surface area contributed by atoms with Crippen molar-refractivity contribution in [3.63, 3.8) is 0 Å². The molecule has 13 rings (SSSR count). The number of pyridine rings is 1. The van der Waals surface area contributed by atoms with Crippen LogP contribution >= 0.6 is 0 Å². The van der Waals surface area contributed by atoms with Crippen LogP contribution in [-0.4, -0.2) is 14.1 Å². The standard InChI is InChI=1S/C65H45N5O/c1-65(2,3)45-34-35-67-61(37-45)70-58-33-30-42(40-66)36-57(58)53-32-31-48(39-60(53)70)71-47-21-12-20-46(38-47)68-41-69-63-50(44-18-8-5-9-19-44)25-14-28-56(63)62-49(43-16-6-4-7-17-43)24-13-26-54(62)51-22-10-11-23-52(51)55-27-15-29-59(68)64(55)69/h4-39H,1-3H3/i4D,5D,6D,7D,8D,9D,16D,17D,18D,19D. The summed E-state index contributed by atoms with van der Waals surface area (Å²) in [6.45, 7) is 6.48. The van der Waals surface area contributed by atoms with Crippen molar-refractivity contribution in [1.82, 2.24) is 14.1 Å². The number of aromatic nitrogens is 4. The second-order valence-corrected chi connectivity index (χ2v) is 18.5. The molecule has 0 bridgehead atoms. The van der Waals surface area contributed by atoms with Crippen LogP contribution < -0.4 is 9.30 Å². The zero-order valence-corrected chi connectivity index (χ0v) is 38.7. The molecule has 0 fully saturated rings. The minimum Gasteiger partial charge on any atom is -0.458 e. The summed E-state index contributed by atoms with van der Waals surface area (Å²) >= 11 is 0. The van der Waals surface area contributed by atoms with Gasteiger partial charge < -0.3 is 4.74 Å². The molecule has 12 aromatic rings. The maximum absolute atomic E-state index is 9.92. The number of ether oxygens (including phenoxy) is 1. The van der Waals surface area contributed by atoms with Crippen molar-refractivity contribution in [2.24, 2.45) is 0 Å². The minimum absolute atomic E-state index is 0.0278. The summed E-state index contributed by atoms with van der Waals surface area (Å²) in [5, 5.41) is 11.7. The van der Waals surface area contributed by atoms with Gasteiger partial charge in [0.25, 0.3) is 6.33 Å². The Morgan fingerprint density at radius 3 is 2.01 bits per heavy atom. The lowest BCUT2D eigenvalue weighted by Gasteiger charge is -2.21. The number of hydrogen-bond donors (Lipinski definition) is 0. The molecule has 6 nitrogen and oxygen atoms in total. The third kappa shape index (κ3) is 6.93. The van der Waals surface area contributed by atoms with Gasteiger partial charge in [0.15, 0.2) is 0 Å². The largest absolute Gasteiger partial charge is 0.458 e. The highest BCUT2D eigenvalue weighted by Crippen LogP contribution is 2.48. The molecule has 0 N–H and O–H groups in total. The van der Waals surface area contributed by atoms with Gasteiger partial charge in [0.1, 0.15) is 17.3 Å². The van der Waals surface area contributed by atoms with Gasteiger partial charge in [-0.2, -0.15) is 5.26 Å². The minimum atomic E-state index is -0.548. The summed E-state index contributed by atoms with van der Waals surface area (Å²) in [6, 6.07) is 45.2. The van der Waals surface area contributed by atoms with Gasteiger partial charge in [-0.3, -0.25) is 13.7 Å². The highest BCUT2D eigenvalue weighted by atomic mass is 16.5. The molecule has 9 aromatic carbocycles. The Labute approximate surface area is 426 Å². The second kappa shape index (κ2) is 16.4. The van der Waals surface area contributed by atoms with Crippen LogP contribution in [0, 0.1) is 17.7 Å². The van der Waals surface area contributed by atoms with Gasteiger partial charge in [-0.15, -0.1) is 0 Å². The fraction of sp³-hybridized carbons (Fsp3) is 0.0615. The average molecular weight is 922 g/mol. The molecule has 0 unspecified atom stereocenters. The maximum Gasteiger partial charge on any atom is 0.269 e. The predicted molar refractivity (Wildman–Crippen MR) is 286 cm³/mol. The molecule has 336 valence electrons. The third-order valence-electron chi connectivity index (χ3n) is 13.3. The van der Waals surface area contributed by atoms with Gasteiger partial charge in [0, 0.05) is 23.0 Å². The fourth-order valence-electron chi connectivity index (χ4n) is 10.1. The Morgan fingerprint density at radius 2 is 1.24 bits per heavy atom. The first-order valence-electron chi connectivity index (χ1n) is 28.2. The number of benzene rings is 9. The van der Waals surface area contributed by atoms with Crippen LogP contribution in [0.15, 0.2) is 218 Å². The summed E-state index contributed by atoms with van der Waals surface area (Å²) in [4.78, 5) is 4.84. The molecule has 71 heavy (non-hydrogen) atoms. The third-order valence-corrected chi connectivity index (χ3v) is 13.3. The van der Waals surface area contributed by atoms with Gasteiger partial charge in [-0.25, -0.2) is 4.98 Å². The summed E-state index contributed by atoms with van der Waals surface area (Å²) in [6.07, 6.45) is 5.49. The fourth-order valence-corrected chi connectivity index (χ4v) is 10.1. The first-order chi connectivity index (χ1) is 38.9. The van der Waals surface area contributed by atoms with E-state index in [0.717, 1.165) is 49.9 Å². The van der Waals surface area contributed by atoms with E-state index in [1.54, 1.807) is 24.3 Å². The number of imidazole rings is 1. The molecule has 0 amide bonds. The molecule has 3 aromatic heterocycles. The van der Waals surface area contributed by atoms with E-state index in [-0.39, 0.29) is 22.1 Å². The topological polar surface area (TPSA) is 59.6 Å². The maximum atomic E-state index is 9.92. The van der Waals surface area contributed by atoms with Gasteiger partial charge in [0.2, 0.25) is 0 Å². The van der Waals surface area contributed by atoms with Gasteiger partial charge in [0.05, 0.1) is 58.8 Å². The van der Waals surface area contributed by atoms with Crippen molar-refractivity contribution in [2.75, 3.05) is 0 Å². The van der Waals surface area contributed by atoms with Gasteiger partial charge in [-0.05, 0) is 127 Å². The number of fused-ring (bicyclic) bond motifs is 10. The molecular formula is C65H45N5O. The van der Waals surface area contributed by atoms with E-state index >= 15 is 0 Å². The van der Waals surface area contributed by atoms with Crippen LogP contribution in [0.3, 0.4) is 0 Å². The Kier molecular flexibility index (Phi) is 7.51. The zero-order valence-electron chi connectivity index (χ0n) is 48.7. The van der Waals surface area contributed by atoms with Crippen LogP contribution in [-0.2, 0) is 5.41 Å². The quantitative estimate of drug-likeness (QED) is 0.123. The molecule has 0 radical (unpaired) electrons. The highest BCUT2D eigenvalue weighted by molar-refractivity contribution is 6.10. The number of para-hydroxylation sites is 2. The Morgan fingerprint density at radius 1 is 0.577 bits per heavy atom. The van der Waals surface area contributed by atoms with Crippen molar-refractivity contribution < 1.29 is 23.0 Å². The number of nitrogens with zero attached hydrogens (tertiary/aromatic N) is 5. The van der Waals surface area contributed by atoms with Crippen LogP contribution in [0.1, 0.15) is 45.6 Å². The van der Waals surface area contributed by atoms with E-state index in [9.17, 15) is 10.7 Å². The first-order valence-corrected chi connectivity index (χ1v) is 23.2. The van der Waals surface area contributed by atoms with Crippen molar-refractivity contribution >= 4 is 32.8 Å². The Hall–Kier alpha value is -9.31. The Bertz CT molecular complexity index is 4700. The molecule has 6 heteroatoms. The highest BCUT2D eigenvalue weighted by Gasteiger charge is 2.28. The molecule has 4 heterocycles. The molecule has 0 atom stereocenters. The van der Waals surface area contributed by atoms with Crippen molar-refractivity contribution in [1.29, 1.82) is 5.26 Å². The lowest BCUT2D eigenvalue weighted by Crippen LogP contribution is -2.32. The lowest BCUT2D eigenvalue weighted by molar-refractivity contribution is -0.570. The SMILES string of the molecule is [2H]c1c([2H])c([2H])c(-c2cccc3c2-c2cccc(-c4c([2H])c([2H])c([2H])c([2H])c4[2H])c2-[n+]2[c-]n(-c4cccc(Oc5ccc6c7cc(C#N)ccc7n(-c7cc(C(C)(C)C)ccn7)c6c5)c4)c4cccc(c42)-c2ccccc2-3)c([2H])c1[2H]. The van der Waals surface area contributed by atoms with Crippen molar-refractivity contribution in [2.45, 2.75) is 26.2 Å². The lowest BCUT2D eigenvalue weighted by atomic mass is 9.84. The smallest absolute Gasteiger partial charge is 0.269 e. The Balaban J connectivity index is 1.06. The molecule has 1 aliphatic rings. The second-order valence-electron chi connectivity index (χ2n) is 18.5. The van der Waals surface area contributed by atoms with Crippen LogP contribution in [0.2, 0.25) is 0 Å². The van der Waals surface area contributed by atoms with Crippen molar-refractivity contribution in [3.05, 3.63) is 236 Å². The molecule has 0 spiro atoms. The summed E-state index contributed by atoms with van der Waals surface area (Å²) < 4.78 is 102. The predicted octanol–water partition coefficient (Wildman–Crippen LogP) is 15.8. The van der Waals surface area contributed by atoms with Crippen LogP contribution in [0.4, 0.5) is 0 Å². The van der Waals surface area contributed by atoms with E-state index < -0.39 is 60.4 Å². The summed E-state index contributed by atoms with van der Waals surface area (Å²) in [5.74, 6) is 1.76. The number of hydrogen-bond acceptors (Lipinski definition) is 3. The normalized spacial score (nSPS) is 13.8. The number of nitriles is 1. The molecular weight excluding hydrogens is 867 g/mol. The average Bonchev–Trinajstić information content (AvgIpc) is 4.29.